The summed E-state index contributed by atoms with van der Waals surface area (Å²) in [7, 11) is 0. The second kappa shape index (κ2) is 10.4. The number of hydrogen-bond donors (Lipinski definition) is 0. The molecule has 106 valence electrons. The van der Waals surface area contributed by atoms with Gasteiger partial charge in [-0.25, -0.2) is 0 Å². The molecule has 1 fully saturated rings. The van der Waals surface area contributed by atoms with Gasteiger partial charge in [-0.3, -0.25) is 4.79 Å². The first-order valence-corrected chi connectivity index (χ1v) is 7.56. The molecule has 1 rings (SSSR count). The minimum Gasteiger partial charge on any atom is -0.463 e. The average Bonchev–Trinajstić information content (AvgIpc) is 2.33. The lowest BCUT2D eigenvalue weighted by Gasteiger charge is -2.13. The molecule has 18 heavy (non-hydrogen) atoms. The van der Waals surface area contributed by atoms with E-state index in [1.54, 1.807) is 0 Å². The second-order valence-electron chi connectivity index (χ2n) is 5.28. The number of ether oxygens (including phenoxy) is 2. The van der Waals surface area contributed by atoms with Crippen LogP contribution in [-0.2, 0) is 14.3 Å². The highest BCUT2D eigenvalue weighted by Gasteiger charge is 2.09. The number of carbonyl (C=O) groups is 1. The van der Waals surface area contributed by atoms with Crippen LogP contribution in [0.5, 0.6) is 0 Å². The van der Waals surface area contributed by atoms with E-state index in [0.29, 0.717) is 6.42 Å². The molecule has 0 aromatic carbocycles. The summed E-state index contributed by atoms with van der Waals surface area (Å²) >= 11 is 0. The summed E-state index contributed by atoms with van der Waals surface area (Å²) in [6.07, 6.45) is 10.8. The molecule has 0 aliphatic carbocycles. The molecule has 3 heteroatoms. The van der Waals surface area contributed by atoms with Crippen LogP contribution in [0.2, 0.25) is 0 Å². The fourth-order valence-corrected chi connectivity index (χ4v) is 2.26. The Balaban J connectivity index is 2.21. The lowest BCUT2D eigenvalue weighted by Crippen LogP contribution is -2.15. The van der Waals surface area contributed by atoms with Crippen LogP contribution in [0.15, 0.2) is 0 Å². The van der Waals surface area contributed by atoms with Crippen LogP contribution in [-0.4, -0.2) is 25.3 Å². The van der Waals surface area contributed by atoms with Crippen molar-refractivity contribution >= 4 is 5.97 Å². The van der Waals surface area contributed by atoms with Crippen LogP contribution in [0.25, 0.3) is 0 Å². The highest BCUT2D eigenvalue weighted by Crippen LogP contribution is 2.11. The Morgan fingerprint density at radius 1 is 0.889 bits per heavy atom. The van der Waals surface area contributed by atoms with Gasteiger partial charge in [-0.05, 0) is 39.0 Å². The highest BCUT2D eigenvalue weighted by atomic mass is 16.5. The van der Waals surface area contributed by atoms with Gasteiger partial charge in [0, 0.05) is 19.6 Å². The molecule has 0 aromatic rings. The van der Waals surface area contributed by atoms with Gasteiger partial charge in [-0.15, -0.1) is 0 Å². The predicted molar refractivity (Wildman–Crippen MR) is 72.5 cm³/mol. The first-order valence-electron chi connectivity index (χ1n) is 7.56. The molecule has 0 radical (unpaired) electrons. The normalized spacial score (nSPS) is 26.5. The minimum absolute atomic E-state index is 0.0224. The maximum atomic E-state index is 11.5. The number of rotatable bonds is 0. The third-order valence-corrected chi connectivity index (χ3v) is 3.40. The monoisotopic (exact) mass is 256 g/mol. The zero-order valence-corrected chi connectivity index (χ0v) is 11.8. The molecule has 0 aromatic heterocycles. The average molecular weight is 256 g/mol. The summed E-state index contributed by atoms with van der Waals surface area (Å²) in [4.78, 5) is 11.5. The SMILES string of the molecule is CC1CCCCOCCCCCCCCC(=O)O1. The van der Waals surface area contributed by atoms with Crippen LogP contribution < -0.4 is 0 Å². The highest BCUT2D eigenvalue weighted by molar-refractivity contribution is 5.69. The van der Waals surface area contributed by atoms with E-state index in [4.69, 9.17) is 9.47 Å². The predicted octanol–water partition coefficient (Wildman–Crippen LogP) is 3.85. The standard InChI is InChI=1S/C15H28O3/c1-14-10-7-9-13-17-12-8-5-3-2-4-6-11-15(16)18-14/h14H,2-13H2,1H3. The Morgan fingerprint density at radius 3 is 2.28 bits per heavy atom. The van der Waals surface area contributed by atoms with E-state index in [9.17, 15) is 4.79 Å². The summed E-state index contributed by atoms with van der Waals surface area (Å²) in [5.74, 6) is -0.0224. The van der Waals surface area contributed by atoms with Crippen LogP contribution in [0, 0.1) is 0 Å². The van der Waals surface area contributed by atoms with Gasteiger partial charge in [-0.1, -0.05) is 25.7 Å². The van der Waals surface area contributed by atoms with Crippen molar-refractivity contribution in [1.82, 2.24) is 0 Å². The van der Waals surface area contributed by atoms with Crippen LogP contribution in [0.3, 0.4) is 0 Å². The van der Waals surface area contributed by atoms with Gasteiger partial charge in [0.15, 0.2) is 0 Å². The van der Waals surface area contributed by atoms with E-state index in [1.165, 1.54) is 25.7 Å². The van der Waals surface area contributed by atoms with Crippen molar-refractivity contribution in [3.8, 4) is 0 Å². The fourth-order valence-electron chi connectivity index (χ4n) is 2.26. The van der Waals surface area contributed by atoms with Gasteiger partial charge in [0.05, 0.1) is 6.10 Å². The van der Waals surface area contributed by atoms with Crippen molar-refractivity contribution in [2.45, 2.75) is 77.2 Å². The van der Waals surface area contributed by atoms with Crippen molar-refractivity contribution in [3.05, 3.63) is 0 Å². The lowest BCUT2D eigenvalue weighted by atomic mass is 10.1. The number of carbonyl (C=O) groups excluding carboxylic acids is 1. The Morgan fingerprint density at radius 2 is 1.50 bits per heavy atom. The molecule has 0 spiro atoms. The molecule has 3 nitrogen and oxygen atoms in total. The van der Waals surface area contributed by atoms with Gasteiger partial charge in [0.2, 0.25) is 0 Å². The molecule has 0 saturated carbocycles. The first-order chi connectivity index (χ1) is 8.79. The maximum absolute atomic E-state index is 11.5. The molecule has 0 amide bonds. The fraction of sp³-hybridized carbons (Fsp3) is 0.933. The van der Waals surface area contributed by atoms with Gasteiger partial charge in [0.1, 0.15) is 0 Å². The Hall–Kier alpha value is -0.570. The topological polar surface area (TPSA) is 35.5 Å². The zero-order chi connectivity index (χ0) is 13.1. The second-order valence-corrected chi connectivity index (χ2v) is 5.28. The smallest absolute Gasteiger partial charge is 0.306 e. The molecular formula is C15H28O3. The number of hydrogen-bond acceptors (Lipinski definition) is 3. The van der Waals surface area contributed by atoms with Crippen molar-refractivity contribution in [2.75, 3.05) is 13.2 Å². The Bertz CT molecular complexity index is 216. The Labute approximate surface area is 111 Å². The van der Waals surface area contributed by atoms with E-state index in [1.807, 2.05) is 6.92 Å². The summed E-state index contributed by atoms with van der Waals surface area (Å²) < 4.78 is 11.0. The molecule has 1 saturated heterocycles. The lowest BCUT2D eigenvalue weighted by molar-refractivity contribution is -0.148. The van der Waals surface area contributed by atoms with Crippen molar-refractivity contribution < 1.29 is 14.3 Å². The number of esters is 1. The molecule has 1 aliphatic heterocycles. The Kier molecular flexibility index (Phi) is 8.92. The van der Waals surface area contributed by atoms with Gasteiger partial charge in [0.25, 0.3) is 0 Å². The van der Waals surface area contributed by atoms with Crippen LogP contribution in [0.4, 0.5) is 0 Å². The van der Waals surface area contributed by atoms with Crippen molar-refractivity contribution in [2.24, 2.45) is 0 Å². The van der Waals surface area contributed by atoms with Crippen LogP contribution >= 0.6 is 0 Å². The molecule has 0 N–H and O–H groups in total. The molecule has 1 unspecified atom stereocenters. The minimum atomic E-state index is -0.0224. The summed E-state index contributed by atoms with van der Waals surface area (Å²) in [6.45, 7) is 3.74. The first kappa shape index (κ1) is 15.5. The number of cyclic esters (lactones) is 1. The van der Waals surface area contributed by atoms with E-state index in [-0.39, 0.29) is 12.1 Å². The zero-order valence-electron chi connectivity index (χ0n) is 11.8. The van der Waals surface area contributed by atoms with Crippen LogP contribution in [0.1, 0.15) is 71.1 Å². The van der Waals surface area contributed by atoms with Gasteiger partial charge < -0.3 is 9.47 Å². The summed E-state index contributed by atoms with van der Waals surface area (Å²) in [5, 5.41) is 0. The van der Waals surface area contributed by atoms with E-state index in [2.05, 4.69) is 0 Å². The summed E-state index contributed by atoms with van der Waals surface area (Å²) in [6, 6.07) is 0. The molecule has 1 aliphatic rings. The largest absolute Gasteiger partial charge is 0.463 e. The van der Waals surface area contributed by atoms with E-state index < -0.39 is 0 Å². The molecule has 1 atom stereocenters. The van der Waals surface area contributed by atoms with Crippen molar-refractivity contribution in [3.63, 3.8) is 0 Å². The van der Waals surface area contributed by atoms with E-state index in [0.717, 1.165) is 45.3 Å². The maximum Gasteiger partial charge on any atom is 0.306 e. The molecule has 1 heterocycles. The quantitative estimate of drug-likeness (QED) is 0.618. The summed E-state index contributed by atoms with van der Waals surface area (Å²) in [5.41, 5.74) is 0. The third-order valence-electron chi connectivity index (χ3n) is 3.40. The van der Waals surface area contributed by atoms with E-state index >= 15 is 0 Å². The van der Waals surface area contributed by atoms with Gasteiger partial charge in [-0.2, -0.15) is 0 Å². The third kappa shape index (κ3) is 8.51. The van der Waals surface area contributed by atoms with Crippen molar-refractivity contribution in [1.29, 1.82) is 0 Å². The molecule has 0 bridgehead atoms. The van der Waals surface area contributed by atoms with Gasteiger partial charge >= 0.3 is 5.97 Å². The molecular weight excluding hydrogens is 228 g/mol.